The first-order valence-corrected chi connectivity index (χ1v) is 5.94. The van der Waals surface area contributed by atoms with E-state index in [2.05, 4.69) is 0 Å². The summed E-state index contributed by atoms with van der Waals surface area (Å²) in [5.41, 5.74) is 6.27. The molecule has 0 saturated heterocycles. The maximum Gasteiger partial charge on any atom is 0.269 e. The molecule has 104 valence electrons. The van der Waals surface area contributed by atoms with E-state index in [0.29, 0.717) is 11.3 Å². The van der Waals surface area contributed by atoms with E-state index in [1.54, 1.807) is 13.0 Å². The molecule has 5 nitrogen and oxygen atoms in total. The first-order chi connectivity index (χ1) is 9.47. The normalized spacial score (nSPS) is 11.9. The lowest BCUT2D eigenvalue weighted by Crippen LogP contribution is -2.05. The van der Waals surface area contributed by atoms with Crippen LogP contribution in [-0.2, 0) is 0 Å². The number of halogens is 1. The zero-order valence-corrected chi connectivity index (χ0v) is 10.7. The van der Waals surface area contributed by atoms with Gasteiger partial charge in [-0.15, -0.1) is 0 Å². The molecule has 0 aliphatic rings. The first kappa shape index (κ1) is 14.0. The van der Waals surface area contributed by atoms with Gasteiger partial charge in [-0.2, -0.15) is 0 Å². The van der Waals surface area contributed by atoms with Crippen LogP contribution in [0.4, 0.5) is 10.1 Å². The number of non-ortho nitro benzene ring substituents is 1. The Morgan fingerprint density at radius 2 is 1.90 bits per heavy atom. The molecule has 1 atom stereocenters. The summed E-state index contributed by atoms with van der Waals surface area (Å²) in [6.07, 6.45) is 0. The second kappa shape index (κ2) is 5.66. The predicted octanol–water partition coefficient (Wildman–Crippen LogP) is 3.55. The molecule has 0 bridgehead atoms. The average Bonchev–Trinajstić information content (AvgIpc) is 2.41. The van der Waals surface area contributed by atoms with Crippen molar-refractivity contribution >= 4 is 5.69 Å². The molecule has 0 spiro atoms. The van der Waals surface area contributed by atoms with Gasteiger partial charge in [0.15, 0.2) is 11.6 Å². The number of rotatable bonds is 4. The number of benzene rings is 2. The van der Waals surface area contributed by atoms with Crippen molar-refractivity contribution in [1.29, 1.82) is 0 Å². The summed E-state index contributed by atoms with van der Waals surface area (Å²) in [4.78, 5) is 10.0. The van der Waals surface area contributed by atoms with Crippen molar-refractivity contribution in [3.8, 4) is 11.5 Å². The maximum absolute atomic E-state index is 13.8. The van der Waals surface area contributed by atoms with E-state index in [1.807, 2.05) is 0 Å². The van der Waals surface area contributed by atoms with Crippen LogP contribution in [0, 0.1) is 15.9 Å². The van der Waals surface area contributed by atoms with E-state index in [1.165, 1.54) is 36.4 Å². The highest BCUT2D eigenvalue weighted by Crippen LogP contribution is 2.27. The second-order valence-electron chi connectivity index (χ2n) is 4.33. The number of hydrogen-bond acceptors (Lipinski definition) is 4. The maximum atomic E-state index is 13.8. The molecule has 20 heavy (non-hydrogen) atoms. The Kier molecular flexibility index (Phi) is 3.95. The van der Waals surface area contributed by atoms with Gasteiger partial charge < -0.3 is 10.5 Å². The Hall–Kier alpha value is -2.47. The molecule has 0 saturated carbocycles. The standard InChI is InChI=1S/C14H13FN2O3/c1-9(16)10-2-7-14(13(15)8-10)20-12-5-3-11(4-6-12)17(18)19/h2-9H,16H2,1H3. The Morgan fingerprint density at radius 3 is 2.40 bits per heavy atom. The molecular weight excluding hydrogens is 263 g/mol. The summed E-state index contributed by atoms with van der Waals surface area (Å²) < 4.78 is 19.2. The number of nitro groups is 1. The molecule has 0 fully saturated rings. The summed E-state index contributed by atoms with van der Waals surface area (Å²) in [6, 6.07) is 9.62. The molecule has 0 aromatic heterocycles. The minimum atomic E-state index is -0.529. The quantitative estimate of drug-likeness (QED) is 0.684. The van der Waals surface area contributed by atoms with Crippen molar-refractivity contribution in [3.05, 3.63) is 64.0 Å². The number of nitrogens with two attached hydrogens (primary N) is 1. The fourth-order valence-electron chi connectivity index (χ4n) is 1.65. The van der Waals surface area contributed by atoms with Gasteiger partial charge in [-0.25, -0.2) is 4.39 Å². The highest BCUT2D eigenvalue weighted by molar-refractivity contribution is 5.39. The molecule has 6 heteroatoms. The van der Waals surface area contributed by atoms with E-state index in [-0.39, 0.29) is 17.5 Å². The highest BCUT2D eigenvalue weighted by Gasteiger charge is 2.09. The van der Waals surface area contributed by atoms with Gasteiger partial charge in [0.1, 0.15) is 5.75 Å². The van der Waals surface area contributed by atoms with Crippen molar-refractivity contribution in [2.24, 2.45) is 5.73 Å². The van der Waals surface area contributed by atoms with E-state index in [0.717, 1.165) is 0 Å². The summed E-state index contributed by atoms with van der Waals surface area (Å²) in [5, 5.41) is 10.5. The predicted molar refractivity (Wildman–Crippen MR) is 72.2 cm³/mol. The van der Waals surface area contributed by atoms with Gasteiger partial charge in [-0.3, -0.25) is 10.1 Å². The Bertz CT molecular complexity index is 627. The van der Waals surface area contributed by atoms with Crippen LogP contribution < -0.4 is 10.5 Å². The monoisotopic (exact) mass is 276 g/mol. The second-order valence-corrected chi connectivity index (χ2v) is 4.33. The van der Waals surface area contributed by atoms with Crippen LogP contribution in [0.1, 0.15) is 18.5 Å². The number of nitrogens with zero attached hydrogens (tertiary/aromatic N) is 1. The van der Waals surface area contributed by atoms with Gasteiger partial charge in [-0.05, 0) is 36.8 Å². The molecule has 0 amide bonds. The third-order valence-electron chi connectivity index (χ3n) is 2.76. The van der Waals surface area contributed by atoms with Crippen LogP contribution in [0.5, 0.6) is 11.5 Å². The molecular formula is C14H13FN2O3. The Balaban J connectivity index is 2.19. The molecule has 1 unspecified atom stereocenters. The summed E-state index contributed by atoms with van der Waals surface area (Å²) >= 11 is 0. The molecule has 2 rings (SSSR count). The van der Waals surface area contributed by atoms with Gasteiger partial charge in [0, 0.05) is 18.2 Å². The van der Waals surface area contributed by atoms with Crippen LogP contribution in [-0.4, -0.2) is 4.92 Å². The van der Waals surface area contributed by atoms with Crippen LogP contribution in [0.3, 0.4) is 0 Å². The fourth-order valence-corrected chi connectivity index (χ4v) is 1.65. The summed E-state index contributed by atoms with van der Waals surface area (Å²) in [5.74, 6) is -0.163. The largest absolute Gasteiger partial charge is 0.454 e. The number of nitro benzene ring substituents is 1. The summed E-state index contributed by atoms with van der Waals surface area (Å²) in [6.45, 7) is 1.76. The molecule has 2 N–H and O–H groups in total. The summed E-state index contributed by atoms with van der Waals surface area (Å²) in [7, 11) is 0. The molecule has 0 aliphatic heterocycles. The van der Waals surface area contributed by atoms with Gasteiger partial charge in [0.25, 0.3) is 5.69 Å². The third-order valence-corrected chi connectivity index (χ3v) is 2.76. The van der Waals surface area contributed by atoms with E-state index in [4.69, 9.17) is 10.5 Å². The van der Waals surface area contributed by atoms with E-state index in [9.17, 15) is 14.5 Å². The van der Waals surface area contributed by atoms with Gasteiger partial charge in [0.2, 0.25) is 0 Å². The molecule has 2 aromatic rings. The van der Waals surface area contributed by atoms with E-state index < -0.39 is 10.7 Å². The van der Waals surface area contributed by atoms with Crippen molar-refractivity contribution in [2.75, 3.05) is 0 Å². The van der Waals surface area contributed by atoms with Crippen molar-refractivity contribution in [1.82, 2.24) is 0 Å². The molecule has 2 aromatic carbocycles. The highest BCUT2D eigenvalue weighted by atomic mass is 19.1. The van der Waals surface area contributed by atoms with Crippen LogP contribution in [0.25, 0.3) is 0 Å². The minimum absolute atomic E-state index is 0.0447. The first-order valence-electron chi connectivity index (χ1n) is 5.94. The topological polar surface area (TPSA) is 78.4 Å². The van der Waals surface area contributed by atoms with Gasteiger partial charge in [-0.1, -0.05) is 6.07 Å². The SMILES string of the molecule is CC(N)c1ccc(Oc2ccc([N+](=O)[O-])cc2)c(F)c1. The Morgan fingerprint density at radius 1 is 1.25 bits per heavy atom. The smallest absolute Gasteiger partial charge is 0.269 e. The molecule has 0 aliphatic carbocycles. The van der Waals surface area contributed by atoms with Gasteiger partial charge >= 0.3 is 0 Å². The third kappa shape index (κ3) is 3.10. The zero-order chi connectivity index (χ0) is 14.7. The van der Waals surface area contributed by atoms with Crippen molar-refractivity contribution in [2.45, 2.75) is 13.0 Å². The number of ether oxygens (including phenoxy) is 1. The molecule has 0 heterocycles. The zero-order valence-electron chi connectivity index (χ0n) is 10.7. The lowest BCUT2D eigenvalue weighted by Gasteiger charge is -2.10. The average molecular weight is 276 g/mol. The van der Waals surface area contributed by atoms with Crippen LogP contribution in [0.15, 0.2) is 42.5 Å². The van der Waals surface area contributed by atoms with Crippen LogP contribution in [0.2, 0.25) is 0 Å². The van der Waals surface area contributed by atoms with Gasteiger partial charge in [0.05, 0.1) is 4.92 Å². The fraction of sp³-hybridized carbons (Fsp3) is 0.143. The lowest BCUT2D eigenvalue weighted by atomic mass is 10.1. The minimum Gasteiger partial charge on any atom is -0.454 e. The molecule has 0 radical (unpaired) electrons. The lowest BCUT2D eigenvalue weighted by molar-refractivity contribution is -0.384. The van der Waals surface area contributed by atoms with Crippen molar-refractivity contribution in [3.63, 3.8) is 0 Å². The number of hydrogen-bond donors (Lipinski definition) is 1. The Labute approximate surface area is 114 Å². The van der Waals surface area contributed by atoms with Crippen LogP contribution >= 0.6 is 0 Å². The van der Waals surface area contributed by atoms with E-state index >= 15 is 0 Å². The van der Waals surface area contributed by atoms with Crippen molar-refractivity contribution < 1.29 is 14.1 Å².